The van der Waals surface area contributed by atoms with E-state index in [1.807, 2.05) is 17.6 Å². The highest BCUT2D eigenvalue weighted by Gasteiger charge is 2.18. The van der Waals surface area contributed by atoms with Gasteiger partial charge in [0.05, 0.1) is 20.8 Å². The average molecular weight is 426 g/mol. The maximum absolute atomic E-state index is 5.44. The zero-order valence-electron chi connectivity index (χ0n) is 14.7. The molecular weight excluding hydrogens is 402 g/mol. The zero-order chi connectivity index (χ0) is 17.6. The summed E-state index contributed by atoms with van der Waals surface area (Å²) >= 11 is 5.41. The second kappa shape index (κ2) is 8.98. The molecule has 5 nitrogen and oxygen atoms in total. The molecule has 2 aromatic rings. The minimum Gasteiger partial charge on any atom is -0.493 e. The van der Waals surface area contributed by atoms with Gasteiger partial charge < -0.3 is 9.47 Å². The fourth-order valence-electron chi connectivity index (χ4n) is 3.12. The van der Waals surface area contributed by atoms with E-state index in [2.05, 4.69) is 36.8 Å². The third kappa shape index (κ3) is 4.94. The van der Waals surface area contributed by atoms with Crippen LogP contribution in [0.25, 0.3) is 0 Å². The van der Waals surface area contributed by atoms with E-state index in [9.17, 15) is 0 Å². The van der Waals surface area contributed by atoms with Gasteiger partial charge in [-0.1, -0.05) is 15.9 Å². The predicted molar refractivity (Wildman–Crippen MR) is 105 cm³/mol. The third-order valence-corrected chi connectivity index (χ3v) is 5.97. The van der Waals surface area contributed by atoms with Gasteiger partial charge >= 0.3 is 0 Å². The fourth-order valence-corrected chi connectivity index (χ4v) is 4.23. The predicted octanol–water partition coefficient (Wildman–Crippen LogP) is 3.63. The molecule has 1 aliphatic heterocycles. The van der Waals surface area contributed by atoms with E-state index in [-0.39, 0.29) is 0 Å². The van der Waals surface area contributed by atoms with Gasteiger partial charge in [0, 0.05) is 35.7 Å². The van der Waals surface area contributed by atoms with Gasteiger partial charge in [0.15, 0.2) is 11.5 Å². The van der Waals surface area contributed by atoms with Crippen molar-refractivity contribution in [3.05, 3.63) is 38.8 Å². The van der Waals surface area contributed by atoms with Crippen LogP contribution in [0.1, 0.15) is 17.0 Å². The summed E-state index contributed by atoms with van der Waals surface area (Å²) in [5, 5.41) is 3.25. The molecule has 0 spiro atoms. The van der Waals surface area contributed by atoms with Crippen LogP contribution in [-0.2, 0) is 13.1 Å². The molecular formula is C18H24BrN3O2S. The Balaban J connectivity index is 1.62. The molecule has 1 aromatic carbocycles. The second-order valence-corrected chi connectivity index (χ2v) is 7.96. The van der Waals surface area contributed by atoms with Crippen LogP contribution in [0.15, 0.2) is 28.2 Å². The highest BCUT2D eigenvalue weighted by atomic mass is 79.9. The molecule has 2 heterocycles. The van der Waals surface area contributed by atoms with Crippen LogP contribution in [0, 0.1) is 0 Å². The molecule has 0 saturated carbocycles. The van der Waals surface area contributed by atoms with E-state index in [1.54, 1.807) is 25.6 Å². The summed E-state index contributed by atoms with van der Waals surface area (Å²) in [5.74, 6) is 1.53. The van der Waals surface area contributed by atoms with Crippen molar-refractivity contribution in [2.45, 2.75) is 19.5 Å². The number of ether oxygens (including phenoxy) is 2. The molecule has 1 aromatic heterocycles. The Hall–Kier alpha value is -1.15. The summed E-state index contributed by atoms with van der Waals surface area (Å²) in [5.41, 5.74) is 1.23. The van der Waals surface area contributed by atoms with Crippen molar-refractivity contribution in [3.8, 4) is 11.5 Å². The Labute approximate surface area is 161 Å². The van der Waals surface area contributed by atoms with E-state index in [0.717, 1.165) is 55.2 Å². The molecule has 3 rings (SSSR count). The summed E-state index contributed by atoms with van der Waals surface area (Å²) < 4.78 is 11.9. The number of benzene rings is 1. The van der Waals surface area contributed by atoms with Crippen molar-refractivity contribution < 1.29 is 9.47 Å². The van der Waals surface area contributed by atoms with Crippen LogP contribution < -0.4 is 9.47 Å². The fraction of sp³-hybridized carbons (Fsp3) is 0.500. The van der Waals surface area contributed by atoms with Crippen LogP contribution in [-0.4, -0.2) is 55.2 Å². The molecule has 1 saturated heterocycles. The maximum Gasteiger partial charge on any atom is 0.161 e. The minimum atomic E-state index is 0.753. The monoisotopic (exact) mass is 425 g/mol. The normalized spacial score (nSPS) is 16.6. The van der Waals surface area contributed by atoms with Crippen LogP contribution in [0.2, 0.25) is 0 Å². The van der Waals surface area contributed by atoms with E-state index >= 15 is 0 Å². The molecule has 7 heteroatoms. The van der Waals surface area contributed by atoms with Crippen molar-refractivity contribution in [1.82, 2.24) is 14.8 Å². The molecule has 0 N–H and O–H groups in total. The molecule has 0 aliphatic carbocycles. The van der Waals surface area contributed by atoms with E-state index in [0.29, 0.717) is 0 Å². The summed E-state index contributed by atoms with van der Waals surface area (Å²) in [4.78, 5) is 9.42. The third-order valence-electron chi connectivity index (χ3n) is 4.47. The van der Waals surface area contributed by atoms with E-state index < -0.39 is 0 Å². The first-order chi connectivity index (χ1) is 12.2. The van der Waals surface area contributed by atoms with Gasteiger partial charge in [0.1, 0.15) is 5.01 Å². The van der Waals surface area contributed by atoms with Gasteiger partial charge in [-0.2, -0.15) is 0 Å². The Morgan fingerprint density at radius 1 is 1.04 bits per heavy atom. The molecule has 0 radical (unpaired) electrons. The van der Waals surface area contributed by atoms with Crippen LogP contribution in [0.5, 0.6) is 11.5 Å². The lowest BCUT2D eigenvalue weighted by atomic mass is 10.2. The highest BCUT2D eigenvalue weighted by molar-refractivity contribution is 9.10. The number of hydrogen-bond acceptors (Lipinski definition) is 6. The largest absolute Gasteiger partial charge is 0.493 e. The summed E-state index contributed by atoms with van der Waals surface area (Å²) in [6, 6.07) is 4.06. The lowest BCUT2D eigenvalue weighted by Gasteiger charge is -2.22. The first-order valence-electron chi connectivity index (χ1n) is 8.43. The second-order valence-electron chi connectivity index (χ2n) is 6.13. The Kier molecular flexibility index (Phi) is 6.70. The van der Waals surface area contributed by atoms with Crippen LogP contribution >= 0.6 is 27.3 Å². The van der Waals surface area contributed by atoms with Crippen LogP contribution in [0.4, 0.5) is 0 Å². The number of nitrogens with zero attached hydrogens (tertiary/aromatic N) is 3. The van der Waals surface area contributed by atoms with E-state index in [4.69, 9.17) is 9.47 Å². The SMILES string of the molecule is COc1cc(Br)c(CN2CCCN(Cc3nccs3)CC2)cc1OC. The van der Waals surface area contributed by atoms with Crippen molar-refractivity contribution in [3.63, 3.8) is 0 Å². The molecule has 25 heavy (non-hydrogen) atoms. The van der Waals surface area contributed by atoms with Gasteiger partial charge in [-0.05, 0) is 37.2 Å². The average Bonchev–Trinajstić information content (AvgIpc) is 3.03. The van der Waals surface area contributed by atoms with Crippen molar-refractivity contribution >= 4 is 27.3 Å². The Morgan fingerprint density at radius 2 is 1.72 bits per heavy atom. The van der Waals surface area contributed by atoms with Gasteiger partial charge in [0.2, 0.25) is 0 Å². The Bertz CT molecular complexity index is 681. The molecule has 0 amide bonds. The number of halogens is 1. The summed E-state index contributed by atoms with van der Waals surface area (Å²) in [7, 11) is 3.34. The number of rotatable bonds is 6. The lowest BCUT2D eigenvalue weighted by Crippen LogP contribution is -2.30. The number of methoxy groups -OCH3 is 2. The molecule has 136 valence electrons. The number of thiazole rings is 1. The molecule has 0 unspecified atom stereocenters. The van der Waals surface area contributed by atoms with Crippen LogP contribution in [0.3, 0.4) is 0 Å². The van der Waals surface area contributed by atoms with Crippen molar-refractivity contribution in [2.75, 3.05) is 40.4 Å². The lowest BCUT2D eigenvalue weighted by molar-refractivity contribution is 0.246. The highest BCUT2D eigenvalue weighted by Crippen LogP contribution is 2.34. The smallest absolute Gasteiger partial charge is 0.161 e. The topological polar surface area (TPSA) is 37.8 Å². The minimum absolute atomic E-state index is 0.753. The Morgan fingerprint density at radius 3 is 2.36 bits per heavy atom. The van der Waals surface area contributed by atoms with Crippen molar-refractivity contribution in [2.24, 2.45) is 0 Å². The molecule has 1 fully saturated rings. The van der Waals surface area contributed by atoms with Crippen molar-refractivity contribution in [1.29, 1.82) is 0 Å². The molecule has 0 atom stereocenters. The zero-order valence-corrected chi connectivity index (χ0v) is 17.1. The molecule has 0 bridgehead atoms. The quantitative estimate of drug-likeness (QED) is 0.706. The molecule has 1 aliphatic rings. The van der Waals surface area contributed by atoms with Gasteiger partial charge in [-0.15, -0.1) is 11.3 Å². The number of aromatic nitrogens is 1. The van der Waals surface area contributed by atoms with Gasteiger partial charge in [0.25, 0.3) is 0 Å². The van der Waals surface area contributed by atoms with Gasteiger partial charge in [-0.3, -0.25) is 9.80 Å². The first kappa shape index (κ1) is 18.6. The summed E-state index contributed by atoms with van der Waals surface area (Å²) in [6.07, 6.45) is 3.06. The van der Waals surface area contributed by atoms with Gasteiger partial charge in [-0.25, -0.2) is 4.98 Å². The summed E-state index contributed by atoms with van der Waals surface area (Å²) in [6.45, 7) is 6.24. The van der Waals surface area contributed by atoms with E-state index in [1.165, 1.54) is 17.0 Å². The first-order valence-corrected chi connectivity index (χ1v) is 10.1. The standard InChI is InChI=1S/C18H24BrN3O2S/c1-23-16-10-14(15(19)11-17(16)24-2)12-21-5-3-6-22(8-7-21)13-18-20-4-9-25-18/h4,9-11H,3,5-8,12-13H2,1-2H3. The number of hydrogen-bond donors (Lipinski definition) is 0. The maximum atomic E-state index is 5.44.